The van der Waals surface area contributed by atoms with Crippen LogP contribution < -0.4 is 10.6 Å². The van der Waals surface area contributed by atoms with Gasteiger partial charge >= 0.3 is 0 Å². The Morgan fingerprint density at radius 3 is 2.47 bits per heavy atom. The van der Waals surface area contributed by atoms with E-state index in [9.17, 15) is 8.42 Å². The van der Waals surface area contributed by atoms with Crippen LogP contribution in [0.2, 0.25) is 0 Å². The van der Waals surface area contributed by atoms with Gasteiger partial charge in [0.05, 0.1) is 10.6 Å². The van der Waals surface area contributed by atoms with Gasteiger partial charge in [0.1, 0.15) is 0 Å². The summed E-state index contributed by atoms with van der Waals surface area (Å²) in [6.45, 7) is 6.51. The minimum Gasteiger partial charge on any atom is -0.357 e. The van der Waals surface area contributed by atoms with Crippen molar-refractivity contribution in [2.45, 2.75) is 43.7 Å². The number of hydrogen-bond donors (Lipinski definition) is 2. The van der Waals surface area contributed by atoms with Gasteiger partial charge in [-0.1, -0.05) is 18.2 Å². The van der Waals surface area contributed by atoms with Gasteiger partial charge in [-0.15, -0.1) is 24.0 Å². The highest BCUT2D eigenvalue weighted by Crippen LogP contribution is 2.13. The Labute approximate surface area is 209 Å². The summed E-state index contributed by atoms with van der Waals surface area (Å²) in [6.07, 6.45) is 5.99. The summed E-state index contributed by atoms with van der Waals surface area (Å²) < 4.78 is 23.2. The van der Waals surface area contributed by atoms with Crippen molar-refractivity contribution in [1.82, 2.24) is 20.5 Å². The summed E-state index contributed by atoms with van der Waals surface area (Å²) in [5.41, 5.74) is 2.20. The highest BCUT2D eigenvalue weighted by atomic mass is 127. The molecule has 0 spiro atoms. The molecule has 176 valence electrons. The van der Waals surface area contributed by atoms with Crippen LogP contribution in [0.1, 0.15) is 31.0 Å². The molecule has 0 bridgehead atoms. The van der Waals surface area contributed by atoms with Crippen molar-refractivity contribution in [2.24, 2.45) is 4.99 Å². The first-order valence-electron chi connectivity index (χ1n) is 10.9. The molecule has 1 aliphatic rings. The van der Waals surface area contributed by atoms with Gasteiger partial charge in [-0.25, -0.2) is 8.42 Å². The van der Waals surface area contributed by atoms with Gasteiger partial charge < -0.3 is 10.6 Å². The molecule has 3 rings (SSSR count). The summed E-state index contributed by atoms with van der Waals surface area (Å²) >= 11 is 0. The summed E-state index contributed by atoms with van der Waals surface area (Å²) in [5, 5.41) is 6.91. The third-order valence-electron chi connectivity index (χ3n) is 5.41. The predicted molar refractivity (Wildman–Crippen MR) is 140 cm³/mol. The molecule has 1 aliphatic heterocycles. The minimum absolute atomic E-state index is 0. The number of pyridine rings is 1. The molecule has 0 radical (unpaired) electrons. The first-order valence-corrected chi connectivity index (χ1v) is 12.8. The summed E-state index contributed by atoms with van der Waals surface area (Å²) in [7, 11) is -3.15. The van der Waals surface area contributed by atoms with E-state index in [0.29, 0.717) is 17.5 Å². The van der Waals surface area contributed by atoms with E-state index >= 15 is 0 Å². The van der Waals surface area contributed by atoms with Crippen LogP contribution in [0, 0.1) is 0 Å². The molecule has 1 aromatic carbocycles. The number of hydrogen-bond acceptors (Lipinski definition) is 5. The van der Waals surface area contributed by atoms with Crippen molar-refractivity contribution in [1.29, 1.82) is 0 Å². The molecular weight excluding hydrogens is 537 g/mol. The average molecular weight is 572 g/mol. The SMILES string of the molecule is CCNC(=NCCc1ccc(S(C)(=O)=O)cc1)NC1CCN(Cc2ccccn2)CC1.I. The monoisotopic (exact) mass is 571 g/mol. The Balaban J connectivity index is 0.00000363. The lowest BCUT2D eigenvalue weighted by molar-refractivity contribution is 0.196. The second kappa shape index (κ2) is 13.1. The Bertz CT molecular complexity index is 944. The molecule has 0 aliphatic carbocycles. The van der Waals surface area contributed by atoms with Gasteiger partial charge in [-0.3, -0.25) is 14.9 Å². The Kier molecular flexibility index (Phi) is 10.9. The fourth-order valence-electron chi connectivity index (χ4n) is 3.67. The maximum Gasteiger partial charge on any atom is 0.191 e. The van der Waals surface area contributed by atoms with Crippen LogP contribution in [0.4, 0.5) is 0 Å². The van der Waals surface area contributed by atoms with Crippen molar-refractivity contribution in [3.63, 3.8) is 0 Å². The van der Waals surface area contributed by atoms with Crippen LogP contribution in [0.3, 0.4) is 0 Å². The van der Waals surface area contributed by atoms with Gasteiger partial charge in [0.15, 0.2) is 15.8 Å². The quantitative estimate of drug-likeness (QED) is 0.288. The maximum atomic E-state index is 11.6. The molecule has 2 N–H and O–H groups in total. The first-order chi connectivity index (χ1) is 14.9. The van der Waals surface area contributed by atoms with E-state index in [1.807, 2.05) is 30.5 Å². The van der Waals surface area contributed by atoms with Crippen LogP contribution in [0.15, 0.2) is 58.5 Å². The second-order valence-corrected chi connectivity index (χ2v) is 9.96. The highest BCUT2D eigenvalue weighted by Gasteiger charge is 2.20. The fourth-order valence-corrected chi connectivity index (χ4v) is 4.30. The molecular formula is C23H34IN5O2S. The van der Waals surface area contributed by atoms with Crippen molar-refractivity contribution in [3.05, 3.63) is 59.9 Å². The fraction of sp³-hybridized carbons (Fsp3) is 0.478. The number of nitrogens with zero attached hydrogens (tertiary/aromatic N) is 3. The molecule has 2 aromatic rings. The van der Waals surface area contributed by atoms with E-state index < -0.39 is 9.84 Å². The van der Waals surface area contributed by atoms with Crippen molar-refractivity contribution in [3.8, 4) is 0 Å². The summed E-state index contributed by atoms with van der Waals surface area (Å²) in [6, 6.07) is 13.5. The normalized spacial score (nSPS) is 15.8. The number of rotatable bonds is 8. The molecule has 1 fully saturated rings. The lowest BCUT2D eigenvalue weighted by Crippen LogP contribution is -2.48. The van der Waals surface area contributed by atoms with E-state index in [4.69, 9.17) is 4.99 Å². The lowest BCUT2D eigenvalue weighted by Gasteiger charge is -2.32. The Hall–Kier alpha value is -1.72. The number of aromatic nitrogens is 1. The third-order valence-corrected chi connectivity index (χ3v) is 6.53. The highest BCUT2D eigenvalue weighted by molar-refractivity contribution is 14.0. The van der Waals surface area contributed by atoms with E-state index in [2.05, 4.69) is 33.5 Å². The van der Waals surface area contributed by atoms with Gasteiger partial charge in [-0.2, -0.15) is 0 Å². The smallest absolute Gasteiger partial charge is 0.191 e. The largest absolute Gasteiger partial charge is 0.357 e. The number of likely N-dealkylation sites (tertiary alicyclic amines) is 1. The molecule has 0 unspecified atom stereocenters. The molecule has 32 heavy (non-hydrogen) atoms. The van der Waals surface area contributed by atoms with Gasteiger partial charge in [0.25, 0.3) is 0 Å². The molecule has 9 heteroatoms. The van der Waals surface area contributed by atoms with E-state index in [-0.39, 0.29) is 24.0 Å². The molecule has 0 amide bonds. The summed E-state index contributed by atoms with van der Waals surface area (Å²) in [4.78, 5) is 11.9. The van der Waals surface area contributed by atoms with Crippen LogP contribution in [-0.4, -0.2) is 62.7 Å². The first kappa shape index (κ1) is 26.5. The van der Waals surface area contributed by atoms with Crippen LogP contribution in [0.25, 0.3) is 0 Å². The van der Waals surface area contributed by atoms with Crippen LogP contribution >= 0.6 is 24.0 Å². The van der Waals surface area contributed by atoms with Crippen LogP contribution in [-0.2, 0) is 22.8 Å². The topological polar surface area (TPSA) is 86.7 Å². The van der Waals surface area contributed by atoms with Crippen molar-refractivity contribution >= 4 is 39.8 Å². The number of aliphatic imine (C=N–C) groups is 1. The molecule has 2 heterocycles. The van der Waals surface area contributed by atoms with Crippen LogP contribution in [0.5, 0.6) is 0 Å². The summed E-state index contributed by atoms with van der Waals surface area (Å²) in [5.74, 6) is 0.846. The van der Waals surface area contributed by atoms with Gasteiger partial charge in [-0.05, 0) is 56.0 Å². The zero-order valence-electron chi connectivity index (χ0n) is 18.8. The van der Waals surface area contributed by atoms with E-state index in [0.717, 1.165) is 62.7 Å². The number of piperidine rings is 1. The average Bonchev–Trinajstić information content (AvgIpc) is 2.76. The second-order valence-electron chi connectivity index (χ2n) is 7.94. The molecule has 0 atom stereocenters. The predicted octanol–water partition coefficient (Wildman–Crippen LogP) is 2.87. The van der Waals surface area contributed by atoms with Crippen molar-refractivity contribution < 1.29 is 8.42 Å². The van der Waals surface area contributed by atoms with E-state index in [1.165, 1.54) is 6.26 Å². The Morgan fingerprint density at radius 1 is 1.16 bits per heavy atom. The molecule has 7 nitrogen and oxygen atoms in total. The van der Waals surface area contributed by atoms with Gasteiger partial charge in [0.2, 0.25) is 0 Å². The number of guanidine groups is 1. The number of halogens is 1. The minimum atomic E-state index is -3.15. The zero-order valence-corrected chi connectivity index (χ0v) is 22.0. The molecule has 0 saturated carbocycles. The number of sulfone groups is 1. The van der Waals surface area contributed by atoms with Crippen molar-refractivity contribution in [2.75, 3.05) is 32.4 Å². The Morgan fingerprint density at radius 2 is 1.88 bits per heavy atom. The number of nitrogens with one attached hydrogen (secondary N) is 2. The molecule has 1 saturated heterocycles. The standard InChI is InChI=1S/C23H33N5O2S.HI/c1-3-24-23(26-15-11-19-7-9-22(10-8-19)31(2,29)30)27-20-12-16-28(17-13-20)18-21-6-4-5-14-25-21;/h4-10,14,20H,3,11-13,15-18H2,1-2H3,(H2,24,26,27);1H. The number of benzene rings is 1. The maximum absolute atomic E-state index is 11.6. The third kappa shape index (κ3) is 8.67. The molecule has 1 aromatic heterocycles. The van der Waals surface area contributed by atoms with E-state index in [1.54, 1.807) is 12.1 Å². The van der Waals surface area contributed by atoms with Gasteiger partial charge in [0, 0.05) is 51.2 Å². The lowest BCUT2D eigenvalue weighted by atomic mass is 10.0. The zero-order chi connectivity index (χ0) is 22.1.